The molecule has 1 aliphatic rings. The number of methoxy groups -OCH3 is 1. The topological polar surface area (TPSA) is 72.6 Å². The van der Waals surface area contributed by atoms with Crippen LogP contribution in [-0.2, 0) is 14.8 Å². The second kappa shape index (κ2) is 5.67. The van der Waals surface area contributed by atoms with Gasteiger partial charge < -0.3 is 10.5 Å². The van der Waals surface area contributed by atoms with Crippen LogP contribution in [0, 0.1) is 12.7 Å². The SMILES string of the molecule is COCCN(C1CC1)S(=O)(=O)c1cc(N)cc(C)c1F. The Kier molecular flexibility index (Phi) is 4.31. The molecule has 1 aliphatic carbocycles. The fourth-order valence-corrected chi connectivity index (χ4v) is 3.96. The van der Waals surface area contributed by atoms with E-state index in [0.29, 0.717) is 0 Å². The molecule has 5 nitrogen and oxygen atoms in total. The number of ether oxygens (including phenoxy) is 1. The second-order valence-electron chi connectivity index (χ2n) is 4.99. The van der Waals surface area contributed by atoms with Gasteiger partial charge in [-0.1, -0.05) is 0 Å². The van der Waals surface area contributed by atoms with Gasteiger partial charge in [0.25, 0.3) is 0 Å². The normalized spacial score (nSPS) is 15.8. The molecule has 0 unspecified atom stereocenters. The van der Waals surface area contributed by atoms with Crippen LogP contribution in [-0.4, -0.2) is 39.0 Å². The summed E-state index contributed by atoms with van der Waals surface area (Å²) < 4.78 is 45.6. The number of anilines is 1. The molecule has 1 aromatic rings. The summed E-state index contributed by atoms with van der Waals surface area (Å²) in [6, 6.07) is 2.54. The third kappa shape index (κ3) is 2.94. The standard InChI is InChI=1S/C13H19FN2O3S/c1-9-7-10(15)8-12(13(9)14)20(17,18)16(5-6-19-2)11-3-4-11/h7-8,11H,3-6,15H2,1-2H3. The van der Waals surface area contributed by atoms with E-state index in [2.05, 4.69) is 0 Å². The van der Waals surface area contributed by atoms with Gasteiger partial charge in [0.05, 0.1) is 6.61 Å². The Morgan fingerprint density at radius 1 is 1.45 bits per heavy atom. The molecule has 2 rings (SSSR count). The van der Waals surface area contributed by atoms with Crippen molar-refractivity contribution in [2.24, 2.45) is 0 Å². The number of nitrogens with two attached hydrogens (primary N) is 1. The molecule has 20 heavy (non-hydrogen) atoms. The van der Waals surface area contributed by atoms with Crippen LogP contribution < -0.4 is 5.73 Å². The van der Waals surface area contributed by atoms with Crippen molar-refractivity contribution in [2.75, 3.05) is 26.0 Å². The van der Waals surface area contributed by atoms with E-state index in [0.717, 1.165) is 12.8 Å². The van der Waals surface area contributed by atoms with Crippen molar-refractivity contribution in [2.45, 2.75) is 30.7 Å². The first-order valence-corrected chi connectivity index (χ1v) is 7.88. The molecule has 0 aliphatic heterocycles. The van der Waals surface area contributed by atoms with Crippen LogP contribution in [0.5, 0.6) is 0 Å². The molecule has 0 spiro atoms. The van der Waals surface area contributed by atoms with Crippen molar-refractivity contribution >= 4 is 15.7 Å². The lowest BCUT2D eigenvalue weighted by Gasteiger charge is -2.22. The Morgan fingerprint density at radius 2 is 2.10 bits per heavy atom. The monoisotopic (exact) mass is 302 g/mol. The highest BCUT2D eigenvalue weighted by atomic mass is 32.2. The zero-order valence-corrected chi connectivity index (χ0v) is 12.4. The fraction of sp³-hybridized carbons (Fsp3) is 0.538. The van der Waals surface area contributed by atoms with E-state index in [1.165, 1.54) is 30.5 Å². The quantitative estimate of drug-likeness (QED) is 0.809. The predicted molar refractivity (Wildman–Crippen MR) is 74.3 cm³/mol. The van der Waals surface area contributed by atoms with E-state index in [1.807, 2.05) is 0 Å². The molecular weight excluding hydrogens is 283 g/mol. The number of nitrogens with zero attached hydrogens (tertiary/aromatic N) is 1. The number of nitrogen functional groups attached to an aromatic ring is 1. The lowest BCUT2D eigenvalue weighted by molar-refractivity contribution is 0.177. The highest BCUT2D eigenvalue weighted by Gasteiger charge is 2.39. The summed E-state index contributed by atoms with van der Waals surface area (Å²) >= 11 is 0. The highest BCUT2D eigenvalue weighted by molar-refractivity contribution is 7.89. The molecule has 1 saturated carbocycles. The molecule has 1 fully saturated rings. The number of halogens is 1. The van der Waals surface area contributed by atoms with E-state index in [9.17, 15) is 12.8 Å². The summed E-state index contributed by atoms with van der Waals surface area (Å²) in [6.07, 6.45) is 1.59. The minimum atomic E-state index is -3.89. The molecule has 0 amide bonds. The Morgan fingerprint density at radius 3 is 2.65 bits per heavy atom. The zero-order valence-electron chi connectivity index (χ0n) is 11.6. The van der Waals surface area contributed by atoms with Crippen molar-refractivity contribution in [3.63, 3.8) is 0 Å². The van der Waals surface area contributed by atoms with Crippen molar-refractivity contribution < 1.29 is 17.5 Å². The number of sulfonamides is 1. The smallest absolute Gasteiger partial charge is 0.246 e. The van der Waals surface area contributed by atoms with Crippen molar-refractivity contribution in [1.29, 1.82) is 0 Å². The summed E-state index contributed by atoms with van der Waals surface area (Å²) in [6.45, 7) is 2.00. The van der Waals surface area contributed by atoms with E-state index in [4.69, 9.17) is 10.5 Å². The Balaban J connectivity index is 2.42. The summed E-state index contributed by atoms with van der Waals surface area (Å²) in [7, 11) is -2.38. The predicted octanol–water partition coefficient (Wildman–Crippen LogP) is 1.52. The molecule has 0 saturated heterocycles. The van der Waals surface area contributed by atoms with Crippen LogP contribution in [0.15, 0.2) is 17.0 Å². The average molecular weight is 302 g/mol. The number of benzene rings is 1. The maximum atomic E-state index is 14.2. The van der Waals surface area contributed by atoms with Crippen LogP contribution in [0.25, 0.3) is 0 Å². The van der Waals surface area contributed by atoms with E-state index >= 15 is 0 Å². The molecule has 0 radical (unpaired) electrons. The molecular formula is C13H19FN2O3S. The van der Waals surface area contributed by atoms with Crippen molar-refractivity contribution in [3.05, 3.63) is 23.5 Å². The van der Waals surface area contributed by atoms with Gasteiger partial charge in [0, 0.05) is 25.4 Å². The Bertz CT molecular complexity index is 600. The maximum absolute atomic E-state index is 14.2. The summed E-state index contributed by atoms with van der Waals surface area (Å²) in [5, 5.41) is 0. The molecule has 0 bridgehead atoms. The van der Waals surface area contributed by atoms with Gasteiger partial charge in [-0.25, -0.2) is 12.8 Å². The van der Waals surface area contributed by atoms with E-state index in [1.54, 1.807) is 0 Å². The first kappa shape index (κ1) is 15.2. The Labute approximate surface area is 118 Å². The van der Waals surface area contributed by atoms with Gasteiger partial charge in [0.2, 0.25) is 10.0 Å². The third-order valence-electron chi connectivity index (χ3n) is 3.30. The van der Waals surface area contributed by atoms with Crippen LogP contribution in [0.2, 0.25) is 0 Å². The van der Waals surface area contributed by atoms with Crippen LogP contribution in [0.1, 0.15) is 18.4 Å². The van der Waals surface area contributed by atoms with Gasteiger partial charge >= 0.3 is 0 Å². The summed E-state index contributed by atoms with van der Waals surface area (Å²) in [5.41, 5.74) is 6.11. The lowest BCUT2D eigenvalue weighted by atomic mass is 10.2. The van der Waals surface area contributed by atoms with Crippen molar-refractivity contribution in [1.82, 2.24) is 4.31 Å². The minimum Gasteiger partial charge on any atom is -0.399 e. The molecule has 0 aromatic heterocycles. The largest absolute Gasteiger partial charge is 0.399 e. The van der Waals surface area contributed by atoms with E-state index in [-0.39, 0.29) is 35.3 Å². The first-order chi connectivity index (χ1) is 9.37. The number of rotatable bonds is 6. The molecule has 7 heteroatoms. The zero-order chi connectivity index (χ0) is 14.9. The van der Waals surface area contributed by atoms with Crippen LogP contribution in [0.3, 0.4) is 0 Å². The summed E-state index contributed by atoms with van der Waals surface area (Å²) in [5.74, 6) is -0.734. The van der Waals surface area contributed by atoms with Gasteiger partial charge in [-0.05, 0) is 37.5 Å². The maximum Gasteiger partial charge on any atom is 0.246 e. The fourth-order valence-electron chi connectivity index (χ4n) is 2.12. The lowest BCUT2D eigenvalue weighted by Crippen LogP contribution is -2.36. The van der Waals surface area contributed by atoms with Crippen LogP contribution in [0.4, 0.5) is 10.1 Å². The van der Waals surface area contributed by atoms with Gasteiger partial charge in [-0.3, -0.25) is 0 Å². The average Bonchev–Trinajstić information content (AvgIpc) is 3.18. The molecule has 112 valence electrons. The van der Waals surface area contributed by atoms with Crippen LogP contribution >= 0.6 is 0 Å². The molecule has 0 heterocycles. The molecule has 2 N–H and O–H groups in total. The van der Waals surface area contributed by atoms with Gasteiger partial charge in [0.1, 0.15) is 10.7 Å². The van der Waals surface area contributed by atoms with E-state index < -0.39 is 15.8 Å². The van der Waals surface area contributed by atoms with Crippen molar-refractivity contribution in [3.8, 4) is 0 Å². The number of hydrogen-bond acceptors (Lipinski definition) is 4. The summed E-state index contributed by atoms with van der Waals surface area (Å²) in [4.78, 5) is -0.349. The first-order valence-electron chi connectivity index (χ1n) is 6.44. The van der Waals surface area contributed by atoms with Gasteiger partial charge in [-0.15, -0.1) is 0 Å². The van der Waals surface area contributed by atoms with Gasteiger partial charge in [0.15, 0.2) is 0 Å². The highest BCUT2D eigenvalue weighted by Crippen LogP contribution is 2.33. The second-order valence-corrected chi connectivity index (χ2v) is 6.85. The minimum absolute atomic E-state index is 0.0590. The van der Waals surface area contributed by atoms with Gasteiger partial charge in [-0.2, -0.15) is 4.31 Å². The number of hydrogen-bond donors (Lipinski definition) is 1. The Hall–Kier alpha value is -1.18. The molecule has 0 atom stereocenters. The number of aryl methyl sites for hydroxylation is 1. The third-order valence-corrected chi connectivity index (χ3v) is 5.25. The molecule has 1 aromatic carbocycles.